The summed E-state index contributed by atoms with van der Waals surface area (Å²) in [5.41, 5.74) is 4.21. The second-order valence-electron chi connectivity index (χ2n) is 11.4. The maximum absolute atomic E-state index is 6.18. The molecule has 4 heteroatoms. The Morgan fingerprint density at radius 2 is 1.57 bits per heavy atom. The predicted molar refractivity (Wildman–Crippen MR) is 136 cm³/mol. The van der Waals surface area contributed by atoms with Gasteiger partial charge < -0.3 is 4.74 Å². The predicted octanol–water partition coefficient (Wildman–Crippen LogP) is 6.71. The summed E-state index contributed by atoms with van der Waals surface area (Å²) in [6, 6.07) is 4.79. The van der Waals surface area contributed by atoms with Gasteiger partial charge in [-0.2, -0.15) is 0 Å². The number of ether oxygens (including phenoxy) is 1. The first kappa shape index (κ1) is 23.4. The number of rotatable bonds is 5. The number of hydrogen-bond donors (Lipinski definition) is 0. The summed E-state index contributed by atoms with van der Waals surface area (Å²) in [6.07, 6.45) is 3.67. The molecule has 0 saturated carbocycles. The molecule has 0 atom stereocenters. The van der Waals surface area contributed by atoms with Crippen LogP contribution in [0.15, 0.2) is 28.6 Å². The lowest BCUT2D eigenvalue weighted by molar-refractivity contribution is 0.416. The molecule has 0 saturated heterocycles. The van der Waals surface area contributed by atoms with Gasteiger partial charge in [0.1, 0.15) is 5.75 Å². The Hall–Kier alpha value is -0.849. The molecule has 1 nitrogen and oxygen atoms in total. The average molecular weight is 431 g/mol. The SMILES string of the molecule is COc1c(C2=CCC([SiH](C)C)=C2[Si](C)(C)C)cc(C)cc1[Si](C)(C)C(C)(C)C. The Bertz CT molecular complexity index is 815. The summed E-state index contributed by atoms with van der Waals surface area (Å²) in [5, 5.41) is 5.26. The summed E-state index contributed by atoms with van der Waals surface area (Å²) in [6.45, 7) is 26.9. The molecule has 1 aromatic rings. The van der Waals surface area contributed by atoms with Crippen LogP contribution in [-0.2, 0) is 0 Å². The molecule has 0 aliphatic heterocycles. The van der Waals surface area contributed by atoms with Crippen LogP contribution in [0.1, 0.15) is 38.3 Å². The van der Waals surface area contributed by atoms with Gasteiger partial charge >= 0.3 is 0 Å². The molecule has 0 unspecified atom stereocenters. The lowest BCUT2D eigenvalue weighted by atomic mass is 10.0. The van der Waals surface area contributed by atoms with Gasteiger partial charge in [-0.05, 0) is 35.2 Å². The molecule has 0 amide bonds. The van der Waals surface area contributed by atoms with Crippen LogP contribution in [0.3, 0.4) is 0 Å². The van der Waals surface area contributed by atoms with Gasteiger partial charge in [-0.1, -0.05) is 94.7 Å². The maximum Gasteiger partial charge on any atom is 0.125 e. The minimum absolute atomic E-state index is 0.281. The standard InChI is InChI=1S/C24H42OSi3/c1-17-15-19(18-13-14-20(26(6)7)23(18)27(8,9)10)22(25-5)21(16-17)28(11,12)24(2,3)4/h13,15-16,26H,14H2,1-12H3. The molecule has 28 heavy (non-hydrogen) atoms. The fourth-order valence-corrected chi connectivity index (χ4v) is 12.1. The minimum atomic E-state index is -1.72. The van der Waals surface area contributed by atoms with Crippen LogP contribution in [0, 0.1) is 6.92 Å². The van der Waals surface area contributed by atoms with Crippen molar-refractivity contribution in [3.05, 3.63) is 39.7 Å². The van der Waals surface area contributed by atoms with Crippen molar-refractivity contribution in [3.63, 3.8) is 0 Å². The van der Waals surface area contributed by atoms with Crippen LogP contribution >= 0.6 is 0 Å². The van der Waals surface area contributed by atoms with Gasteiger partial charge in [0, 0.05) is 5.56 Å². The normalized spacial score (nSPS) is 16.1. The quantitative estimate of drug-likeness (QED) is 0.472. The van der Waals surface area contributed by atoms with Crippen LogP contribution in [0.25, 0.3) is 5.57 Å². The molecule has 0 N–H and O–H groups in total. The van der Waals surface area contributed by atoms with Gasteiger partial charge in [-0.25, -0.2) is 0 Å². The molecule has 1 aliphatic carbocycles. The molecular formula is C24H42OSi3. The summed E-state index contributed by atoms with van der Waals surface area (Å²) in [4.78, 5) is 0. The van der Waals surface area contributed by atoms with Crippen molar-refractivity contribution >= 4 is 35.7 Å². The summed E-state index contributed by atoms with van der Waals surface area (Å²) >= 11 is 0. The highest BCUT2D eigenvalue weighted by atomic mass is 28.3. The number of hydrogen-bond acceptors (Lipinski definition) is 1. The van der Waals surface area contributed by atoms with Gasteiger partial charge in [-0.15, -0.1) is 0 Å². The third-order valence-corrected chi connectivity index (χ3v) is 16.6. The number of allylic oxidation sites excluding steroid dienone is 4. The van der Waals surface area contributed by atoms with Gasteiger partial charge in [-0.3, -0.25) is 0 Å². The zero-order valence-corrected chi connectivity index (χ0v) is 23.6. The van der Waals surface area contributed by atoms with Crippen LogP contribution < -0.4 is 9.92 Å². The van der Waals surface area contributed by atoms with Crippen molar-refractivity contribution < 1.29 is 4.74 Å². The highest BCUT2D eigenvalue weighted by Gasteiger charge is 2.41. The van der Waals surface area contributed by atoms with E-state index in [1.807, 2.05) is 7.11 Å². The zero-order chi connectivity index (χ0) is 21.7. The molecule has 0 aromatic heterocycles. The van der Waals surface area contributed by atoms with Crippen LogP contribution in [0.5, 0.6) is 5.75 Å². The summed E-state index contributed by atoms with van der Waals surface area (Å²) in [5.74, 6) is 1.14. The number of methoxy groups -OCH3 is 1. The van der Waals surface area contributed by atoms with E-state index in [2.05, 4.69) is 91.7 Å². The van der Waals surface area contributed by atoms with Crippen LogP contribution in [-0.4, -0.2) is 32.1 Å². The third kappa shape index (κ3) is 4.19. The maximum atomic E-state index is 6.18. The third-order valence-electron chi connectivity index (χ3n) is 6.84. The molecule has 1 aliphatic rings. The van der Waals surface area contributed by atoms with E-state index in [-0.39, 0.29) is 5.04 Å². The Kier molecular flexibility index (Phi) is 6.50. The van der Waals surface area contributed by atoms with E-state index in [9.17, 15) is 0 Å². The first-order valence-electron chi connectivity index (χ1n) is 10.8. The first-order chi connectivity index (χ1) is 12.6. The summed E-state index contributed by atoms with van der Waals surface area (Å²) in [7, 11) is -2.11. The second-order valence-corrected chi connectivity index (χ2v) is 24.7. The van der Waals surface area contributed by atoms with E-state index >= 15 is 0 Å². The van der Waals surface area contributed by atoms with E-state index in [0.29, 0.717) is 0 Å². The molecule has 0 spiro atoms. The van der Waals surface area contributed by atoms with E-state index < -0.39 is 24.9 Å². The van der Waals surface area contributed by atoms with Gasteiger partial charge in [0.15, 0.2) is 0 Å². The van der Waals surface area contributed by atoms with Crippen LogP contribution in [0.4, 0.5) is 0 Å². The van der Waals surface area contributed by atoms with Crippen molar-refractivity contribution in [2.24, 2.45) is 0 Å². The monoisotopic (exact) mass is 430 g/mol. The van der Waals surface area contributed by atoms with E-state index in [0.717, 1.165) is 12.2 Å². The fraction of sp³-hybridized carbons (Fsp3) is 0.583. The molecule has 0 heterocycles. The van der Waals surface area contributed by atoms with E-state index in [4.69, 9.17) is 4.74 Å². The topological polar surface area (TPSA) is 9.23 Å². The zero-order valence-electron chi connectivity index (χ0n) is 20.4. The van der Waals surface area contributed by atoms with Crippen molar-refractivity contribution in [1.82, 2.24) is 0 Å². The van der Waals surface area contributed by atoms with Crippen molar-refractivity contribution in [3.8, 4) is 5.75 Å². The van der Waals surface area contributed by atoms with Crippen molar-refractivity contribution in [2.45, 2.75) is 85.0 Å². The Labute approximate surface area is 177 Å². The highest BCUT2D eigenvalue weighted by Crippen LogP contribution is 2.45. The van der Waals surface area contributed by atoms with E-state index in [1.165, 1.54) is 21.9 Å². The molecule has 156 valence electrons. The minimum Gasteiger partial charge on any atom is -0.496 e. The van der Waals surface area contributed by atoms with Gasteiger partial charge in [0.25, 0.3) is 0 Å². The second kappa shape index (κ2) is 7.77. The Morgan fingerprint density at radius 3 is 2.00 bits per heavy atom. The van der Waals surface area contributed by atoms with Crippen molar-refractivity contribution in [2.75, 3.05) is 7.11 Å². The fourth-order valence-electron chi connectivity index (χ4n) is 4.31. The molecule has 0 radical (unpaired) electrons. The largest absolute Gasteiger partial charge is 0.496 e. The average Bonchev–Trinajstić information content (AvgIpc) is 2.98. The molecule has 2 rings (SSSR count). The van der Waals surface area contributed by atoms with Gasteiger partial charge in [0.2, 0.25) is 0 Å². The highest BCUT2D eigenvalue weighted by molar-refractivity contribution is 6.93. The van der Waals surface area contributed by atoms with E-state index in [1.54, 1.807) is 10.4 Å². The lowest BCUT2D eigenvalue weighted by Crippen LogP contribution is -2.50. The Morgan fingerprint density at radius 1 is 1.00 bits per heavy atom. The van der Waals surface area contributed by atoms with Crippen LogP contribution in [0.2, 0.25) is 50.9 Å². The van der Waals surface area contributed by atoms with Gasteiger partial charge in [0.05, 0.1) is 32.1 Å². The number of benzene rings is 1. The molecule has 1 aromatic carbocycles. The first-order valence-corrected chi connectivity index (χ1v) is 20.1. The Balaban J connectivity index is 2.81. The van der Waals surface area contributed by atoms with Crippen molar-refractivity contribution in [1.29, 1.82) is 0 Å². The smallest absolute Gasteiger partial charge is 0.125 e. The summed E-state index contributed by atoms with van der Waals surface area (Å²) < 4.78 is 6.18. The lowest BCUT2D eigenvalue weighted by Gasteiger charge is -2.39. The molecule has 0 bridgehead atoms. The number of aryl methyl sites for hydroxylation is 1. The molecule has 0 fully saturated rings. The molecular weight excluding hydrogens is 389 g/mol.